The zero-order valence-corrected chi connectivity index (χ0v) is 10.8. The quantitative estimate of drug-likeness (QED) is 0.775. The Morgan fingerprint density at radius 1 is 1.12 bits per heavy atom. The van der Waals surface area contributed by atoms with Crippen molar-refractivity contribution < 1.29 is 8.78 Å². The minimum Gasteiger partial charge on any atom is -0.312 e. The molecule has 0 bridgehead atoms. The number of halogens is 2. The number of aryl methyl sites for hydroxylation is 1. The van der Waals surface area contributed by atoms with E-state index in [0.29, 0.717) is 12.0 Å². The molecule has 96 valence electrons. The van der Waals surface area contributed by atoms with Crippen molar-refractivity contribution in [3.8, 4) is 0 Å². The summed E-state index contributed by atoms with van der Waals surface area (Å²) in [5.74, 6) is -0.950. The molecule has 0 aliphatic heterocycles. The molecule has 0 aliphatic carbocycles. The Bertz CT molecular complexity index is 356. The number of nitrogens with one attached hydrogen (secondary N) is 1. The number of rotatable bonds is 5. The highest BCUT2D eigenvalue weighted by molar-refractivity contribution is 5.18. The second kappa shape index (κ2) is 6.10. The van der Waals surface area contributed by atoms with E-state index >= 15 is 0 Å². The molecule has 0 atom stereocenters. The molecule has 1 aromatic rings. The summed E-state index contributed by atoms with van der Waals surface area (Å²) in [4.78, 5) is 0. The molecule has 0 heterocycles. The first-order valence-electron chi connectivity index (χ1n) is 6.07. The minimum absolute atomic E-state index is 0.126. The van der Waals surface area contributed by atoms with E-state index in [4.69, 9.17) is 0 Å². The molecule has 0 aromatic heterocycles. The predicted molar refractivity (Wildman–Crippen MR) is 67.1 cm³/mol. The lowest BCUT2D eigenvalue weighted by atomic mass is 10.1. The van der Waals surface area contributed by atoms with Crippen LogP contribution in [-0.4, -0.2) is 12.1 Å². The van der Waals surface area contributed by atoms with E-state index in [0.717, 1.165) is 25.5 Å². The maximum Gasteiger partial charge on any atom is 0.129 e. The van der Waals surface area contributed by atoms with E-state index in [1.165, 1.54) is 12.1 Å². The van der Waals surface area contributed by atoms with Gasteiger partial charge in [-0.1, -0.05) is 6.07 Å². The van der Waals surface area contributed by atoms with E-state index in [1.54, 1.807) is 0 Å². The molecular weight excluding hydrogens is 220 g/mol. The fourth-order valence-electron chi connectivity index (χ4n) is 1.63. The van der Waals surface area contributed by atoms with Crippen LogP contribution in [-0.2, 0) is 6.42 Å². The molecule has 0 amide bonds. The van der Waals surface area contributed by atoms with Crippen LogP contribution in [0.5, 0.6) is 0 Å². The lowest BCUT2D eigenvalue weighted by Crippen LogP contribution is -2.36. The molecule has 0 saturated heterocycles. The van der Waals surface area contributed by atoms with Crippen molar-refractivity contribution in [1.82, 2.24) is 5.32 Å². The maximum atomic E-state index is 13.3. The van der Waals surface area contributed by atoms with Gasteiger partial charge in [-0.2, -0.15) is 0 Å². The Kier molecular flexibility index (Phi) is 5.06. The topological polar surface area (TPSA) is 12.0 Å². The smallest absolute Gasteiger partial charge is 0.129 e. The second-order valence-corrected chi connectivity index (χ2v) is 5.37. The van der Waals surface area contributed by atoms with E-state index in [2.05, 4.69) is 26.1 Å². The van der Waals surface area contributed by atoms with E-state index < -0.39 is 11.6 Å². The summed E-state index contributed by atoms with van der Waals surface area (Å²) in [6.45, 7) is 7.28. The first kappa shape index (κ1) is 14.1. The fraction of sp³-hybridized carbons (Fsp3) is 0.571. The van der Waals surface area contributed by atoms with Crippen molar-refractivity contribution in [2.45, 2.75) is 45.6 Å². The number of benzene rings is 1. The van der Waals surface area contributed by atoms with Crippen molar-refractivity contribution in [2.75, 3.05) is 6.54 Å². The van der Waals surface area contributed by atoms with Crippen LogP contribution in [0.3, 0.4) is 0 Å². The van der Waals surface area contributed by atoms with Gasteiger partial charge in [0, 0.05) is 11.6 Å². The minimum atomic E-state index is -0.513. The van der Waals surface area contributed by atoms with Gasteiger partial charge in [-0.05, 0) is 58.2 Å². The highest BCUT2D eigenvalue weighted by Gasteiger charge is 2.07. The second-order valence-electron chi connectivity index (χ2n) is 5.37. The predicted octanol–water partition coefficient (Wildman–Crippen LogP) is 3.68. The average molecular weight is 241 g/mol. The van der Waals surface area contributed by atoms with Gasteiger partial charge in [-0.3, -0.25) is 0 Å². The summed E-state index contributed by atoms with van der Waals surface area (Å²) >= 11 is 0. The van der Waals surface area contributed by atoms with Crippen LogP contribution in [0.15, 0.2) is 18.2 Å². The maximum absolute atomic E-state index is 13.3. The molecule has 0 saturated carbocycles. The Morgan fingerprint density at radius 2 is 1.82 bits per heavy atom. The van der Waals surface area contributed by atoms with E-state index in [-0.39, 0.29) is 5.54 Å². The van der Waals surface area contributed by atoms with E-state index in [1.807, 2.05) is 0 Å². The average Bonchev–Trinajstić information content (AvgIpc) is 2.18. The van der Waals surface area contributed by atoms with Gasteiger partial charge in [-0.25, -0.2) is 8.78 Å². The number of unbranched alkanes of at least 4 members (excludes halogenated alkanes) is 1. The third-order valence-corrected chi connectivity index (χ3v) is 2.54. The lowest BCUT2D eigenvalue weighted by molar-refractivity contribution is 0.418. The zero-order valence-electron chi connectivity index (χ0n) is 10.8. The Hall–Kier alpha value is -0.960. The Morgan fingerprint density at radius 3 is 2.41 bits per heavy atom. The zero-order chi connectivity index (χ0) is 12.9. The lowest BCUT2D eigenvalue weighted by Gasteiger charge is -2.20. The molecule has 0 fully saturated rings. The third-order valence-electron chi connectivity index (χ3n) is 2.54. The van der Waals surface area contributed by atoms with E-state index in [9.17, 15) is 8.78 Å². The first-order valence-corrected chi connectivity index (χ1v) is 6.07. The van der Waals surface area contributed by atoms with Crippen molar-refractivity contribution in [3.05, 3.63) is 35.4 Å². The molecule has 0 aliphatic rings. The summed E-state index contributed by atoms with van der Waals surface area (Å²) in [5, 5.41) is 3.38. The van der Waals surface area contributed by atoms with Crippen LogP contribution >= 0.6 is 0 Å². The van der Waals surface area contributed by atoms with Crippen LogP contribution < -0.4 is 5.32 Å². The summed E-state index contributed by atoms with van der Waals surface area (Å²) in [6.07, 6.45) is 2.57. The monoisotopic (exact) mass is 241 g/mol. The number of hydrogen-bond donors (Lipinski definition) is 1. The molecule has 1 aromatic carbocycles. The molecular formula is C14H21F2N. The van der Waals surface area contributed by atoms with Crippen LogP contribution in [0.4, 0.5) is 8.78 Å². The summed E-state index contributed by atoms with van der Waals surface area (Å²) in [5.41, 5.74) is 0.725. The van der Waals surface area contributed by atoms with Gasteiger partial charge in [0.15, 0.2) is 0 Å². The van der Waals surface area contributed by atoms with Crippen molar-refractivity contribution >= 4 is 0 Å². The van der Waals surface area contributed by atoms with Gasteiger partial charge >= 0.3 is 0 Å². The first-order chi connectivity index (χ1) is 7.88. The molecule has 1 N–H and O–H groups in total. The van der Waals surface area contributed by atoms with Crippen LogP contribution in [0.1, 0.15) is 39.2 Å². The highest BCUT2D eigenvalue weighted by Crippen LogP contribution is 2.12. The molecule has 3 heteroatoms. The molecule has 1 rings (SSSR count). The molecule has 17 heavy (non-hydrogen) atoms. The van der Waals surface area contributed by atoms with Gasteiger partial charge in [0.1, 0.15) is 11.6 Å². The van der Waals surface area contributed by atoms with Crippen LogP contribution in [0.2, 0.25) is 0 Å². The molecule has 0 unspecified atom stereocenters. The van der Waals surface area contributed by atoms with Crippen molar-refractivity contribution in [3.63, 3.8) is 0 Å². The Balaban J connectivity index is 2.27. The highest BCUT2D eigenvalue weighted by atomic mass is 19.1. The number of hydrogen-bond acceptors (Lipinski definition) is 1. The molecule has 0 spiro atoms. The third kappa shape index (κ3) is 5.78. The van der Waals surface area contributed by atoms with Gasteiger partial charge in [0.25, 0.3) is 0 Å². The van der Waals surface area contributed by atoms with Crippen molar-refractivity contribution in [1.29, 1.82) is 0 Å². The van der Waals surface area contributed by atoms with Gasteiger partial charge in [0.2, 0.25) is 0 Å². The summed E-state index contributed by atoms with van der Waals surface area (Å²) in [6, 6.07) is 3.79. The van der Waals surface area contributed by atoms with Gasteiger partial charge in [-0.15, -0.1) is 0 Å². The summed E-state index contributed by atoms with van der Waals surface area (Å²) < 4.78 is 26.0. The SMILES string of the molecule is CC(C)(C)NCCCCc1ccc(F)cc1F. The Labute approximate surface area is 102 Å². The normalized spacial score (nSPS) is 11.8. The standard InChI is InChI=1S/C14H21F2N/c1-14(2,3)17-9-5-4-6-11-7-8-12(15)10-13(11)16/h7-8,10,17H,4-6,9H2,1-3H3. The molecule has 0 radical (unpaired) electrons. The summed E-state index contributed by atoms with van der Waals surface area (Å²) in [7, 11) is 0. The largest absolute Gasteiger partial charge is 0.312 e. The fourth-order valence-corrected chi connectivity index (χ4v) is 1.63. The molecule has 1 nitrogen and oxygen atoms in total. The van der Waals surface area contributed by atoms with Crippen LogP contribution in [0, 0.1) is 11.6 Å². The van der Waals surface area contributed by atoms with Crippen molar-refractivity contribution in [2.24, 2.45) is 0 Å². The van der Waals surface area contributed by atoms with Gasteiger partial charge in [0.05, 0.1) is 0 Å². The van der Waals surface area contributed by atoms with Crippen LogP contribution in [0.25, 0.3) is 0 Å². The van der Waals surface area contributed by atoms with Gasteiger partial charge < -0.3 is 5.32 Å².